The van der Waals surface area contributed by atoms with Gasteiger partial charge in [0.2, 0.25) is 0 Å². The van der Waals surface area contributed by atoms with Gasteiger partial charge in [-0.3, -0.25) is 25.2 Å². The molecule has 3 rings (SSSR count). The third-order valence-corrected chi connectivity index (χ3v) is 5.24. The number of halogens is 1. The normalized spacial score (nSPS) is 10.8. The zero-order valence-corrected chi connectivity index (χ0v) is 15.7. The van der Waals surface area contributed by atoms with Crippen molar-refractivity contribution in [1.82, 2.24) is 10.9 Å². The molecule has 2 amide bonds. The molecule has 0 saturated heterocycles. The Kier molecular flexibility index (Phi) is 5.89. The minimum absolute atomic E-state index is 0.0759. The third-order valence-electron chi connectivity index (χ3n) is 3.84. The lowest BCUT2D eigenvalue weighted by atomic mass is 10.2. The number of rotatable bonds is 5. The predicted molar refractivity (Wildman–Crippen MR) is 105 cm³/mol. The van der Waals surface area contributed by atoms with Crippen LogP contribution < -0.4 is 15.6 Å². The largest absolute Gasteiger partial charge is 0.280 e. The van der Waals surface area contributed by atoms with Crippen molar-refractivity contribution in [2.45, 2.75) is 4.90 Å². The maximum absolute atomic E-state index is 13.6. The molecule has 3 aromatic rings. The number of anilines is 1. The van der Waals surface area contributed by atoms with Crippen molar-refractivity contribution < 1.29 is 22.4 Å². The monoisotopic (exact) mass is 413 g/mol. The lowest BCUT2D eigenvalue weighted by Crippen LogP contribution is -2.41. The van der Waals surface area contributed by atoms with E-state index in [4.69, 9.17) is 0 Å². The fraction of sp³-hybridized carbons (Fsp3) is 0. The van der Waals surface area contributed by atoms with E-state index < -0.39 is 27.7 Å². The van der Waals surface area contributed by atoms with Crippen molar-refractivity contribution in [3.8, 4) is 0 Å². The van der Waals surface area contributed by atoms with Gasteiger partial charge in [-0.05, 0) is 42.5 Å². The highest BCUT2D eigenvalue weighted by atomic mass is 32.2. The van der Waals surface area contributed by atoms with Crippen LogP contribution in [0.15, 0.2) is 83.8 Å². The average Bonchev–Trinajstić information content (AvgIpc) is 2.72. The lowest BCUT2D eigenvalue weighted by molar-refractivity contribution is 0.0844. The van der Waals surface area contributed by atoms with Crippen LogP contribution in [0.25, 0.3) is 0 Å². The molecule has 0 unspecified atom stereocenters. The maximum atomic E-state index is 13.6. The highest BCUT2D eigenvalue weighted by molar-refractivity contribution is 7.92. The third kappa shape index (κ3) is 4.96. The van der Waals surface area contributed by atoms with Crippen molar-refractivity contribution in [1.29, 1.82) is 0 Å². The summed E-state index contributed by atoms with van der Waals surface area (Å²) in [5.74, 6) is -2.25. The molecular weight excluding hydrogens is 397 g/mol. The highest BCUT2D eigenvalue weighted by Gasteiger charge is 2.16. The Morgan fingerprint density at radius 1 is 0.759 bits per heavy atom. The maximum Gasteiger partial charge on any atom is 0.272 e. The SMILES string of the molecule is O=C(NNC(=O)c1ccccc1F)c1cccc(NS(=O)(=O)c2ccccc2)c1. The van der Waals surface area contributed by atoms with E-state index in [2.05, 4.69) is 15.6 Å². The van der Waals surface area contributed by atoms with E-state index in [1.54, 1.807) is 18.2 Å². The van der Waals surface area contributed by atoms with E-state index in [1.165, 1.54) is 54.6 Å². The number of hydrogen-bond acceptors (Lipinski definition) is 4. The number of hydrazine groups is 1. The summed E-state index contributed by atoms with van der Waals surface area (Å²) >= 11 is 0. The smallest absolute Gasteiger partial charge is 0.272 e. The molecule has 0 spiro atoms. The van der Waals surface area contributed by atoms with E-state index in [0.717, 1.165) is 6.07 Å². The van der Waals surface area contributed by atoms with E-state index >= 15 is 0 Å². The van der Waals surface area contributed by atoms with Gasteiger partial charge in [0.05, 0.1) is 10.5 Å². The quantitative estimate of drug-likeness (QED) is 0.560. The van der Waals surface area contributed by atoms with Crippen LogP contribution >= 0.6 is 0 Å². The summed E-state index contributed by atoms with van der Waals surface area (Å²) in [5.41, 5.74) is 4.31. The Bertz CT molecular complexity index is 1150. The van der Waals surface area contributed by atoms with Crippen molar-refractivity contribution in [2.75, 3.05) is 4.72 Å². The zero-order chi connectivity index (χ0) is 20.9. The number of benzene rings is 3. The van der Waals surface area contributed by atoms with Gasteiger partial charge in [0, 0.05) is 11.3 Å². The molecule has 0 heterocycles. The molecular formula is C20H16FN3O4S. The summed E-state index contributed by atoms with van der Waals surface area (Å²) < 4.78 is 40.7. The summed E-state index contributed by atoms with van der Waals surface area (Å²) in [6.45, 7) is 0. The molecule has 0 radical (unpaired) electrons. The number of carbonyl (C=O) groups is 2. The Morgan fingerprint density at radius 3 is 2.14 bits per heavy atom. The second-order valence-electron chi connectivity index (χ2n) is 5.89. The highest BCUT2D eigenvalue weighted by Crippen LogP contribution is 2.17. The van der Waals surface area contributed by atoms with Crippen LogP contribution in [-0.2, 0) is 10.0 Å². The molecule has 9 heteroatoms. The molecule has 0 aliphatic heterocycles. The van der Waals surface area contributed by atoms with Crippen LogP contribution in [-0.4, -0.2) is 20.2 Å². The van der Waals surface area contributed by atoms with Gasteiger partial charge in [-0.15, -0.1) is 0 Å². The van der Waals surface area contributed by atoms with Crippen LogP contribution in [0.3, 0.4) is 0 Å². The summed E-state index contributed by atoms with van der Waals surface area (Å²) in [5, 5.41) is 0. The first-order valence-electron chi connectivity index (χ1n) is 8.40. The molecule has 0 aliphatic carbocycles. The van der Waals surface area contributed by atoms with Gasteiger partial charge < -0.3 is 0 Å². The van der Waals surface area contributed by atoms with E-state index in [1.807, 2.05) is 0 Å². The number of amides is 2. The van der Waals surface area contributed by atoms with Crippen LogP contribution in [0.5, 0.6) is 0 Å². The van der Waals surface area contributed by atoms with Crippen molar-refractivity contribution in [3.63, 3.8) is 0 Å². The molecule has 0 atom stereocenters. The van der Waals surface area contributed by atoms with Crippen molar-refractivity contribution in [3.05, 3.63) is 95.8 Å². The summed E-state index contributed by atoms with van der Waals surface area (Å²) in [6.07, 6.45) is 0. The molecule has 0 aliphatic rings. The number of hydrogen-bond donors (Lipinski definition) is 3. The van der Waals surface area contributed by atoms with E-state index in [-0.39, 0.29) is 21.7 Å². The first-order valence-corrected chi connectivity index (χ1v) is 9.88. The first-order chi connectivity index (χ1) is 13.9. The minimum Gasteiger partial charge on any atom is -0.280 e. The summed E-state index contributed by atoms with van der Waals surface area (Å²) in [4.78, 5) is 24.3. The van der Waals surface area contributed by atoms with Gasteiger partial charge in [0.1, 0.15) is 5.82 Å². The van der Waals surface area contributed by atoms with Gasteiger partial charge in [0.15, 0.2) is 0 Å². The molecule has 3 aromatic carbocycles. The van der Waals surface area contributed by atoms with Crippen molar-refractivity contribution >= 4 is 27.5 Å². The van der Waals surface area contributed by atoms with Crippen LogP contribution in [0.2, 0.25) is 0 Å². The molecule has 0 aromatic heterocycles. The molecule has 0 saturated carbocycles. The van der Waals surface area contributed by atoms with Gasteiger partial charge in [-0.1, -0.05) is 36.4 Å². The van der Waals surface area contributed by atoms with Crippen molar-refractivity contribution in [2.24, 2.45) is 0 Å². The van der Waals surface area contributed by atoms with Crippen LogP contribution in [0.4, 0.5) is 10.1 Å². The second-order valence-corrected chi connectivity index (χ2v) is 7.57. The van der Waals surface area contributed by atoms with E-state index in [9.17, 15) is 22.4 Å². The molecule has 0 bridgehead atoms. The molecule has 0 fully saturated rings. The predicted octanol–water partition coefficient (Wildman–Crippen LogP) is 2.70. The van der Waals surface area contributed by atoms with E-state index in [0.29, 0.717) is 0 Å². The lowest BCUT2D eigenvalue weighted by Gasteiger charge is -2.11. The molecule has 29 heavy (non-hydrogen) atoms. The second kappa shape index (κ2) is 8.53. The molecule has 3 N–H and O–H groups in total. The molecule has 7 nitrogen and oxygen atoms in total. The Hall–Kier alpha value is -3.72. The standard InChI is InChI=1S/C20H16FN3O4S/c21-18-12-5-4-11-17(18)20(26)23-22-19(25)14-7-6-8-15(13-14)24-29(27,28)16-9-2-1-3-10-16/h1-13,24H,(H,22,25)(H,23,26). The topological polar surface area (TPSA) is 104 Å². The minimum atomic E-state index is -3.82. The fourth-order valence-electron chi connectivity index (χ4n) is 2.44. The summed E-state index contributed by atoms with van der Waals surface area (Å²) in [7, 11) is -3.82. The average molecular weight is 413 g/mol. The van der Waals surface area contributed by atoms with Gasteiger partial charge in [-0.25, -0.2) is 12.8 Å². The van der Waals surface area contributed by atoms with Gasteiger partial charge >= 0.3 is 0 Å². The number of carbonyl (C=O) groups excluding carboxylic acids is 2. The van der Waals surface area contributed by atoms with Crippen LogP contribution in [0, 0.1) is 5.82 Å². The fourth-order valence-corrected chi connectivity index (χ4v) is 3.51. The molecule has 148 valence electrons. The zero-order valence-electron chi connectivity index (χ0n) is 14.9. The van der Waals surface area contributed by atoms with Gasteiger partial charge in [0.25, 0.3) is 21.8 Å². The van der Waals surface area contributed by atoms with Gasteiger partial charge in [-0.2, -0.15) is 0 Å². The number of nitrogens with one attached hydrogen (secondary N) is 3. The Labute approximate surface area is 166 Å². The number of sulfonamides is 1. The first kappa shape index (κ1) is 20.0. The summed E-state index contributed by atoms with van der Waals surface area (Å²) in [6, 6.07) is 18.8. The Morgan fingerprint density at radius 2 is 1.41 bits per heavy atom. The van der Waals surface area contributed by atoms with Crippen LogP contribution in [0.1, 0.15) is 20.7 Å². The Balaban J connectivity index is 1.68.